The zero-order valence-electron chi connectivity index (χ0n) is 36.7. The van der Waals surface area contributed by atoms with E-state index >= 15 is 0 Å². The fourth-order valence-corrected chi connectivity index (χ4v) is 9.62. The minimum absolute atomic E-state index is 0.810. The zero-order valence-corrected chi connectivity index (χ0v) is 36.7. The number of hydrogen-bond donors (Lipinski definition) is 0. The van der Waals surface area contributed by atoms with Crippen LogP contribution in [0.3, 0.4) is 0 Å². The fourth-order valence-electron chi connectivity index (χ4n) is 9.62. The summed E-state index contributed by atoms with van der Waals surface area (Å²) in [5.41, 5.74) is 17.1. The molecule has 0 saturated carbocycles. The molecule has 11 aromatic carbocycles. The third kappa shape index (κ3) is 7.49. The van der Waals surface area contributed by atoms with Crippen LogP contribution >= 0.6 is 0 Å². The van der Waals surface area contributed by atoms with Gasteiger partial charge in [0.1, 0.15) is 5.58 Å². The van der Waals surface area contributed by atoms with E-state index in [-0.39, 0.29) is 0 Å². The Hall–Kier alpha value is -8.92. The highest BCUT2D eigenvalue weighted by molar-refractivity contribution is 6.15. The number of benzene rings is 11. The molecule has 0 amide bonds. The van der Waals surface area contributed by atoms with Crippen molar-refractivity contribution in [3.63, 3.8) is 0 Å². The maximum atomic E-state index is 7.15. The van der Waals surface area contributed by atoms with E-state index in [0.717, 1.165) is 83.7 Å². The molecule has 0 fully saturated rings. The minimum Gasteiger partial charge on any atom is -0.454 e. The van der Waals surface area contributed by atoms with Gasteiger partial charge in [0.15, 0.2) is 5.58 Å². The molecule has 0 aliphatic carbocycles. The van der Waals surface area contributed by atoms with Gasteiger partial charge in [-0.3, -0.25) is 0 Å². The molecule has 316 valence electrons. The normalized spacial score (nSPS) is 11.3. The van der Waals surface area contributed by atoms with Crippen LogP contribution in [0, 0.1) is 0 Å². The molecule has 0 unspecified atom stereocenters. The number of nitrogens with zero attached hydrogens (tertiary/aromatic N) is 2. The van der Waals surface area contributed by atoms with E-state index < -0.39 is 0 Å². The molecule has 1 heterocycles. The van der Waals surface area contributed by atoms with Gasteiger partial charge in [0, 0.05) is 39.1 Å². The Balaban J connectivity index is 1.11. The van der Waals surface area contributed by atoms with Crippen LogP contribution in [0.2, 0.25) is 0 Å². The number of fused-ring (bicyclic) bond motifs is 4. The quantitative estimate of drug-likeness (QED) is 0.137. The Kier molecular flexibility index (Phi) is 10.2. The summed E-state index contributed by atoms with van der Waals surface area (Å²) in [5.74, 6) is 0. The Labute approximate surface area is 390 Å². The van der Waals surface area contributed by atoms with Crippen molar-refractivity contribution in [2.24, 2.45) is 0 Å². The second-order valence-electron chi connectivity index (χ2n) is 16.9. The number of anilines is 6. The zero-order chi connectivity index (χ0) is 44.5. The van der Waals surface area contributed by atoms with E-state index in [2.05, 4.69) is 277 Å². The van der Waals surface area contributed by atoms with Crippen molar-refractivity contribution in [3.05, 3.63) is 267 Å². The van der Waals surface area contributed by atoms with E-state index in [1.165, 1.54) is 27.6 Å². The Morgan fingerprint density at radius 1 is 0.254 bits per heavy atom. The van der Waals surface area contributed by atoms with Gasteiger partial charge >= 0.3 is 0 Å². The van der Waals surface area contributed by atoms with Crippen LogP contribution in [0.15, 0.2) is 271 Å². The van der Waals surface area contributed by atoms with Crippen LogP contribution in [0.5, 0.6) is 0 Å². The molecular weight excluding hydrogens is 813 g/mol. The van der Waals surface area contributed by atoms with Crippen molar-refractivity contribution in [1.29, 1.82) is 0 Å². The lowest BCUT2D eigenvalue weighted by molar-refractivity contribution is 0.669. The third-order valence-electron chi connectivity index (χ3n) is 12.8. The van der Waals surface area contributed by atoms with Crippen LogP contribution in [0.25, 0.3) is 77.2 Å². The lowest BCUT2D eigenvalue weighted by Gasteiger charge is -2.31. The number of rotatable bonds is 10. The summed E-state index contributed by atoms with van der Waals surface area (Å²) in [6.07, 6.45) is 0. The molecule has 0 radical (unpaired) electrons. The van der Waals surface area contributed by atoms with Gasteiger partial charge in [0.2, 0.25) is 0 Å². The monoisotopic (exact) mass is 856 g/mol. The molecule has 0 spiro atoms. The molecule has 3 nitrogen and oxygen atoms in total. The Morgan fingerprint density at radius 2 is 0.687 bits per heavy atom. The summed E-state index contributed by atoms with van der Waals surface area (Å²) < 4.78 is 7.15. The summed E-state index contributed by atoms with van der Waals surface area (Å²) in [7, 11) is 0. The first-order valence-corrected chi connectivity index (χ1v) is 22.8. The van der Waals surface area contributed by atoms with Gasteiger partial charge in [-0.2, -0.15) is 0 Å². The Bertz CT molecular complexity index is 3660. The SMILES string of the molecule is c1ccc(-c2ccc(N(c3ccccc3-c3ccccc3)c3cc(N(c4ccccc4)c4ccc(-c5ccccc5-c5ccccc5)cc4)cc4c3oc3cc5ccccc5cc34)cc2)cc1. The summed E-state index contributed by atoms with van der Waals surface area (Å²) in [5, 5.41) is 4.40. The van der Waals surface area contributed by atoms with Gasteiger partial charge in [-0.15, -0.1) is 0 Å². The van der Waals surface area contributed by atoms with Gasteiger partial charge in [0.05, 0.1) is 11.4 Å². The molecule has 0 N–H and O–H groups in total. The van der Waals surface area contributed by atoms with E-state index in [1.807, 2.05) is 0 Å². The molecule has 3 heteroatoms. The summed E-state index contributed by atoms with van der Waals surface area (Å²) in [4.78, 5) is 4.76. The van der Waals surface area contributed by atoms with Crippen molar-refractivity contribution >= 4 is 66.8 Å². The van der Waals surface area contributed by atoms with Crippen molar-refractivity contribution in [3.8, 4) is 44.5 Å². The lowest BCUT2D eigenvalue weighted by Crippen LogP contribution is -2.14. The highest BCUT2D eigenvalue weighted by Crippen LogP contribution is 2.49. The van der Waals surface area contributed by atoms with Crippen molar-refractivity contribution < 1.29 is 4.42 Å². The average Bonchev–Trinajstić information content (AvgIpc) is 3.77. The molecule has 0 aliphatic heterocycles. The lowest BCUT2D eigenvalue weighted by atomic mass is 9.94. The fraction of sp³-hybridized carbons (Fsp3) is 0. The predicted octanol–water partition coefficient (Wildman–Crippen LogP) is 18.3. The largest absolute Gasteiger partial charge is 0.454 e. The second-order valence-corrected chi connectivity index (χ2v) is 16.9. The van der Waals surface area contributed by atoms with E-state index in [9.17, 15) is 0 Å². The van der Waals surface area contributed by atoms with Gasteiger partial charge in [-0.05, 0) is 116 Å². The summed E-state index contributed by atoms with van der Waals surface area (Å²) >= 11 is 0. The van der Waals surface area contributed by atoms with Gasteiger partial charge in [-0.1, -0.05) is 200 Å². The summed E-state index contributed by atoms with van der Waals surface area (Å²) in [6, 6.07) is 95.5. The average molecular weight is 857 g/mol. The third-order valence-corrected chi connectivity index (χ3v) is 12.8. The van der Waals surface area contributed by atoms with E-state index in [0.29, 0.717) is 0 Å². The van der Waals surface area contributed by atoms with E-state index in [4.69, 9.17) is 4.42 Å². The van der Waals surface area contributed by atoms with Crippen LogP contribution in [0.1, 0.15) is 0 Å². The van der Waals surface area contributed by atoms with Crippen LogP contribution in [-0.4, -0.2) is 0 Å². The first-order valence-electron chi connectivity index (χ1n) is 22.8. The summed E-state index contributed by atoms with van der Waals surface area (Å²) in [6.45, 7) is 0. The molecule has 67 heavy (non-hydrogen) atoms. The molecule has 12 aromatic rings. The molecule has 1 aromatic heterocycles. The molecule has 0 bridgehead atoms. The van der Waals surface area contributed by atoms with Crippen molar-refractivity contribution in [2.45, 2.75) is 0 Å². The maximum absolute atomic E-state index is 7.15. The van der Waals surface area contributed by atoms with Crippen molar-refractivity contribution in [2.75, 3.05) is 9.80 Å². The molecule has 0 atom stereocenters. The molecule has 0 saturated heterocycles. The maximum Gasteiger partial charge on any atom is 0.159 e. The Morgan fingerprint density at radius 3 is 1.31 bits per heavy atom. The van der Waals surface area contributed by atoms with Crippen LogP contribution in [-0.2, 0) is 0 Å². The molecular formula is C64H44N2O. The van der Waals surface area contributed by atoms with Crippen LogP contribution < -0.4 is 9.80 Å². The predicted molar refractivity (Wildman–Crippen MR) is 282 cm³/mol. The minimum atomic E-state index is 0.810. The van der Waals surface area contributed by atoms with Crippen LogP contribution in [0.4, 0.5) is 34.1 Å². The number of hydrogen-bond acceptors (Lipinski definition) is 3. The first-order chi connectivity index (χ1) is 33.2. The van der Waals surface area contributed by atoms with Gasteiger partial charge in [0.25, 0.3) is 0 Å². The smallest absolute Gasteiger partial charge is 0.159 e. The number of furan rings is 1. The topological polar surface area (TPSA) is 19.6 Å². The number of para-hydroxylation sites is 2. The molecule has 12 rings (SSSR count). The van der Waals surface area contributed by atoms with Crippen molar-refractivity contribution in [1.82, 2.24) is 0 Å². The van der Waals surface area contributed by atoms with E-state index in [1.54, 1.807) is 0 Å². The highest BCUT2D eigenvalue weighted by Gasteiger charge is 2.26. The highest BCUT2D eigenvalue weighted by atomic mass is 16.3. The standard InChI is InChI=1S/C64H44N2O/c1-5-19-45(20-6-1)46-33-37-54(38-34-46)66(61-32-18-17-31-58(61)48-23-9-3-10-24-48)62-44-55(43-60-59-41-50-25-13-14-26-51(50)42-63(59)67-64(60)62)65(52-27-11-4-12-28-52)53-39-35-49(36-40-53)57-30-16-15-29-56(57)47-21-7-2-8-22-47/h1-44H. The first kappa shape index (κ1) is 39.7. The van der Waals surface area contributed by atoms with Gasteiger partial charge < -0.3 is 14.2 Å². The van der Waals surface area contributed by atoms with Gasteiger partial charge in [-0.25, -0.2) is 0 Å². The second kappa shape index (κ2) is 17.2. The molecule has 0 aliphatic rings.